The molecule has 0 radical (unpaired) electrons. The van der Waals surface area contributed by atoms with Crippen molar-refractivity contribution in [3.63, 3.8) is 0 Å². The van der Waals surface area contributed by atoms with Crippen molar-refractivity contribution >= 4 is 23.1 Å². The van der Waals surface area contributed by atoms with E-state index in [0.29, 0.717) is 37.6 Å². The molecule has 2 aromatic carbocycles. The highest BCUT2D eigenvalue weighted by atomic mass is 16.6. The highest BCUT2D eigenvalue weighted by molar-refractivity contribution is 5.99. The molecule has 2 aromatic rings. The number of nitro benzene ring substituents is 1. The fourth-order valence-corrected chi connectivity index (χ4v) is 2.91. The van der Waals surface area contributed by atoms with Gasteiger partial charge in [-0.15, -0.1) is 0 Å². The maximum atomic E-state index is 12.3. The Hall–Kier alpha value is -3.26. The number of nitro groups is 1. The number of Topliss-reactive ketones (excluding diaryl/α,β-unsaturated/α-hetero) is 1. The van der Waals surface area contributed by atoms with Crippen molar-refractivity contribution in [3.05, 3.63) is 69.3 Å². The number of benzene rings is 2. The number of morpholine rings is 1. The average Bonchev–Trinajstić information content (AvgIpc) is 2.72. The zero-order valence-electron chi connectivity index (χ0n) is 15.4. The van der Waals surface area contributed by atoms with Gasteiger partial charge in [-0.2, -0.15) is 0 Å². The third-order valence-electron chi connectivity index (χ3n) is 4.47. The van der Waals surface area contributed by atoms with Crippen molar-refractivity contribution in [1.29, 1.82) is 0 Å². The first-order chi connectivity index (χ1) is 13.5. The number of aryl methyl sites for hydroxylation is 1. The van der Waals surface area contributed by atoms with E-state index in [1.807, 2.05) is 11.8 Å². The Morgan fingerprint density at radius 2 is 1.75 bits per heavy atom. The molecule has 0 unspecified atom stereocenters. The van der Waals surface area contributed by atoms with Crippen molar-refractivity contribution in [1.82, 2.24) is 0 Å². The van der Waals surface area contributed by atoms with Crippen LogP contribution in [0.1, 0.15) is 26.3 Å². The third kappa shape index (κ3) is 4.52. The Balaban J connectivity index is 1.70. The lowest BCUT2D eigenvalue weighted by Gasteiger charge is -2.28. The maximum Gasteiger partial charge on any atom is 0.338 e. The second-order valence-electron chi connectivity index (χ2n) is 6.43. The SMILES string of the molecule is Cc1ccc(C(=O)COC(=O)c2ccc(N3CCOCC3)c([N+](=O)[O-])c2)cc1. The standard InChI is InChI=1S/C20H20N2O6/c1-14-2-4-15(5-3-14)19(23)13-28-20(24)16-6-7-17(18(12-16)22(25)26)21-8-10-27-11-9-21/h2-7,12H,8-11,13H2,1H3. The lowest BCUT2D eigenvalue weighted by molar-refractivity contribution is -0.384. The molecule has 1 heterocycles. The molecule has 1 saturated heterocycles. The Labute approximate surface area is 161 Å². The van der Waals surface area contributed by atoms with E-state index in [9.17, 15) is 19.7 Å². The largest absolute Gasteiger partial charge is 0.454 e. The van der Waals surface area contributed by atoms with Crippen LogP contribution in [-0.2, 0) is 9.47 Å². The van der Waals surface area contributed by atoms with Crippen LogP contribution in [0.5, 0.6) is 0 Å². The number of ether oxygens (including phenoxy) is 2. The maximum absolute atomic E-state index is 12.3. The first-order valence-corrected chi connectivity index (χ1v) is 8.84. The van der Waals surface area contributed by atoms with Crippen LogP contribution in [0.15, 0.2) is 42.5 Å². The zero-order chi connectivity index (χ0) is 20.1. The second-order valence-corrected chi connectivity index (χ2v) is 6.43. The molecule has 146 valence electrons. The van der Waals surface area contributed by atoms with E-state index >= 15 is 0 Å². The normalized spacial score (nSPS) is 13.8. The van der Waals surface area contributed by atoms with Gasteiger partial charge in [0.15, 0.2) is 12.4 Å². The van der Waals surface area contributed by atoms with Crippen LogP contribution in [0, 0.1) is 17.0 Å². The molecular formula is C20H20N2O6. The molecule has 0 atom stereocenters. The number of carbonyl (C=O) groups is 2. The lowest BCUT2D eigenvalue weighted by atomic mass is 10.1. The van der Waals surface area contributed by atoms with Crippen molar-refractivity contribution < 1.29 is 24.0 Å². The van der Waals surface area contributed by atoms with E-state index in [4.69, 9.17) is 9.47 Å². The van der Waals surface area contributed by atoms with Gasteiger partial charge in [0.05, 0.1) is 23.7 Å². The number of nitrogens with zero attached hydrogens (tertiary/aromatic N) is 2. The van der Waals surface area contributed by atoms with Crippen molar-refractivity contribution in [3.8, 4) is 0 Å². The molecule has 3 rings (SSSR count). The van der Waals surface area contributed by atoms with Crippen LogP contribution < -0.4 is 4.90 Å². The van der Waals surface area contributed by atoms with E-state index in [1.165, 1.54) is 18.2 Å². The minimum absolute atomic E-state index is 0.0282. The van der Waals surface area contributed by atoms with Gasteiger partial charge in [0.25, 0.3) is 5.69 Å². The zero-order valence-corrected chi connectivity index (χ0v) is 15.4. The third-order valence-corrected chi connectivity index (χ3v) is 4.47. The smallest absolute Gasteiger partial charge is 0.338 e. The molecule has 1 fully saturated rings. The van der Waals surface area contributed by atoms with Crippen molar-refractivity contribution in [2.24, 2.45) is 0 Å². The number of esters is 1. The van der Waals surface area contributed by atoms with Crippen LogP contribution in [-0.4, -0.2) is 49.6 Å². The van der Waals surface area contributed by atoms with Gasteiger partial charge in [-0.1, -0.05) is 29.8 Å². The number of hydrogen-bond donors (Lipinski definition) is 0. The molecule has 0 aromatic heterocycles. The van der Waals surface area contributed by atoms with Crippen molar-refractivity contribution in [2.75, 3.05) is 37.8 Å². The summed E-state index contributed by atoms with van der Waals surface area (Å²) >= 11 is 0. The van der Waals surface area contributed by atoms with Gasteiger partial charge in [-0.05, 0) is 19.1 Å². The van der Waals surface area contributed by atoms with Crippen LogP contribution in [0.2, 0.25) is 0 Å². The quantitative estimate of drug-likeness (QED) is 0.327. The van der Waals surface area contributed by atoms with Gasteiger partial charge < -0.3 is 14.4 Å². The number of ketones is 1. The fourth-order valence-electron chi connectivity index (χ4n) is 2.91. The first kappa shape index (κ1) is 19.5. The second kappa shape index (κ2) is 8.62. The average molecular weight is 384 g/mol. The van der Waals surface area contributed by atoms with Gasteiger partial charge in [0, 0.05) is 24.7 Å². The van der Waals surface area contributed by atoms with E-state index in [-0.39, 0.29) is 17.0 Å². The number of carbonyl (C=O) groups excluding carboxylic acids is 2. The molecule has 8 heteroatoms. The number of rotatable bonds is 6. The van der Waals surface area contributed by atoms with Crippen LogP contribution in [0.4, 0.5) is 11.4 Å². The summed E-state index contributed by atoms with van der Waals surface area (Å²) in [5.41, 5.74) is 1.73. The highest BCUT2D eigenvalue weighted by Gasteiger charge is 2.24. The Kier molecular flexibility index (Phi) is 6.00. The fraction of sp³-hybridized carbons (Fsp3) is 0.300. The highest BCUT2D eigenvalue weighted by Crippen LogP contribution is 2.30. The van der Waals surface area contributed by atoms with Crippen LogP contribution >= 0.6 is 0 Å². The number of anilines is 1. The summed E-state index contributed by atoms with van der Waals surface area (Å²) in [6.45, 7) is 3.53. The van der Waals surface area contributed by atoms with Crippen LogP contribution in [0.3, 0.4) is 0 Å². The summed E-state index contributed by atoms with van der Waals surface area (Å²) in [5.74, 6) is -1.12. The van der Waals surface area contributed by atoms with E-state index in [2.05, 4.69) is 0 Å². The monoisotopic (exact) mass is 384 g/mol. The molecule has 0 saturated carbocycles. The molecule has 0 N–H and O–H groups in total. The minimum Gasteiger partial charge on any atom is -0.454 e. The van der Waals surface area contributed by atoms with Crippen molar-refractivity contribution in [2.45, 2.75) is 6.92 Å². The van der Waals surface area contributed by atoms with Gasteiger partial charge >= 0.3 is 5.97 Å². The molecule has 0 amide bonds. The van der Waals surface area contributed by atoms with Gasteiger partial charge in [0.2, 0.25) is 0 Å². The molecule has 1 aliphatic rings. The summed E-state index contributed by atoms with van der Waals surface area (Å²) in [6.07, 6.45) is 0. The summed E-state index contributed by atoms with van der Waals surface area (Å²) in [4.78, 5) is 37.2. The molecule has 28 heavy (non-hydrogen) atoms. The first-order valence-electron chi connectivity index (χ1n) is 8.84. The summed E-state index contributed by atoms with van der Waals surface area (Å²) < 4.78 is 10.3. The molecule has 8 nitrogen and oxygen atoms in total. The van der Waals surface area contributed by atoms with Gasteiger partial charge in [0.1, 0.15) is 5.69 Å². The number of hydrogen-bond acceptors (Lipinski definition) is 7. The predicted molar refractivity (Wildman–Crippen MR) is 102 cm³/mol. The molecule has 0 spiro atoms. The molecule has 0 aliphatic carbocycles. The van der Waals surface area contributed by atoms with Gasteiger partial charge in [-0.25, -0.2) is 4.79 Å². The Bertz CT molecular complexity index is 888. The predicted octanol–water partition coefficient (Wildman–Crippen LogP) is 2.78. The van der Waals surface area contributed by atoms with E-state index in [1.54, 1.807) is 24.3 Å². The molecule has 1 aliphatic heterocycles. The van der Waals surface area contributed by atoms with Gasteiger partial charge in [-0.3, -0.25) is 14.9 Å². The topological polar surface area (TPSA) is 99.0 Å². The lowest BCUT2D eigenvalue weighted by Crippen LogP contribution is -2.36. The summed E-state index contributed by atoms with van der Waals surface area (Å²) in [6, 6.07) is 11.1. The summed E-state index contributed by atoms with van der Waals surface area (Å²) in [7, 11) is 0. The van der Waals surface area contributed by atoms with E-state index < -0.39 is 17.5 Å². The Morgan fingerprint density at radius 3 is 2.39 bits per heavy atom. The minimum atomic E-state index is -0.780. The summed E-state index contributed by atoms with van der Waals surface area (Å²) in [5, 5.41) is 11.5. The van der Waals surface area contributed by atoms with E-state index in [0.717, 1.165) is 5.56 Å². The Morgan fingerprint density at radius 1 is 1.11 bits per heavy atom. The molecule has 0 bridgehead atoms. The molecular weight excluding hydrogens is 364 g/mol. The van der Waals surface area contributed by atoms with Crippen LogP contribution in [0.25, 0.3) is 0 Å².